The molecule has 4 nitrogen and oxygen atoms in total. The minimum Gasteiger partial charge on any atom is -0.481 e. The van der Waals surface area contributed by atoms with E-state index in [0.29, 0.717) is 6.61 Å². The van der Waals surface area contributed by atoms with Crippen LogP contribution in [0.2, 0.25) is 0 Å². The predicted octanol–water partition coefficient (Wildman–Crippen LogP) is 3.10. The summed E-state index contributed by atoms with van der Waals surface area (Å²) in [5.41, 5.74) is -0.623. The molecule has 0 aromatic carbocycles. The zero-order valence-corrected chi connectivity index (χ0v) is 12.6. The number of ether oxygens (including phenoxy) is 2. The lowest BCUT2D eigenvalue weighted by molar-refractivity contribution is -0.143. The Bertz CT molecular complexity index is 259. The van der Waals surface area contributed by atoms with Crippen LogP contribution in [0, 0.1) is 5.92 Å². The van der Waals surface area contributed by atoms with Crippen molar-refractivity contribution < 1.29 is 19.4 Å². The average molecular weight is 260 g/mol. The van der Waals surface area contributed by atoms with E-state index in [1.807, 2.05) is 34.6 Å². The van der Waals surface area contributed by atoms with Gasteiger partial charge in [-0.3, -0.25) is 4.79 Å². The van der Waals surface area contributed by atoms with Gasteiger partial charge in [0.2, 0.25) is 0 Å². The zero-order valence-electron chi connectivity index (χ0n) is 12.6. The smallest absolute Gasteiger partial charge is 0.303 e. The highest BCUT2D eigenvalue weighted by molar-refractivity contribution is 5.67. The first-order valence-corrected chi connectivity index (χ1v) is 6.55. The molecule has 0 bridgehead atoms. The molecule has 0 aromatic rings. The molecule has 0 amide bonds. The summed E-state index contributed by atoms with van der Waals surface area (Å²) >= 11 is 0. The monoisotopic (exact) mass is 260 g/mol. The number of carbonyl (C=O) groups is 1. The number of methoxy groups -OCH3 is 1. The Morgan fingerprint density at radius 2 is 1.83 bits per heavy atom. The van der Waals surface area contributed by atoms with Crippen molar-refractivity contribution in [1.82, 2.24) is 0 Å². The van der Waals surface area contributed by atoms with Crippen molar-refractivity contribution in [2.75, 3.05) is 13.7 Å². The van der Waals surface area contributed by atoms with Crippen molar-refractivity contribution >= 4 is 5.97 Å². The number of carboxylic acids is 1. The molecule has 1 N–H and O–H groups in total. The van der Waals surface area contributed by atoms with Gasteiger partial charge in [-0.05, 0) is 40.0 Å². The fourth-order valence-electron chi connectivity index (χ4n) is 1.87. The van der Waals surface area contributed by atoms with E-state index in [2.05, 4.69) is 0 Å². The van der Waals surface area contributed by atoms with Gasteiger partial charge in [0.05, 0.1) is 24.2 Å². The molecule has 108 valence electrons. The Balaban J connectivity index is 4.31. The van der Waals surface area contributed by atoms with Crippen LogP contribution in [0.4, 0.5) is 0 Å². The van der Waals surface area contributed by atoms with Crippen LogP contribution in [0.3, 0.4) is 0 Å². The van der Waals surface area contributed by atoms with Crippen LogP contribution < -0.4 is 0 Å². The van der Waals surface area contributed by atoms with Gasteiger partial charge in [-0.25, -0.2) is 0 Å². The molecule has 0 aliphatic rings. The summed E-state index contributed by atoms with van der Waals surface area (Å²) in [5, 5.41) is 8.90. The second-order valence-corrected chi connectivity index (χ2v) is 5.87. The van der Waals surface area contributed by atoms with E-state index in [1.54, 1.807) is 7.11 Å². The third-order valence-electron chi connectivity index (χ3n) is 3.63. The fraction of sp³-hybridized carbons (Fsp3) is 0.929. The highest BCUT2D eigenvalue weighted by atomic mass is 16.5. The zero-order chi connectivity index (χ0) is 14.4. The van der Waals surface area contributed by atoms with Crippen LogP contribution in [0.15, 0.2) is 0 Å². The van der Waals surface area contributed by atoms with E-state index in [4.69, 9.17) is 14.6 Å². The third kappa shape index (κ3) is 6.36. The lowest BCUT2D eigenvalue weighted by atomic mass is 9.85. The number of aliphatic carboxylic acids is 1. The summed E-state index contributed by atoms with van der Waals surface area (Å²) in [6.45, 7) is 10.5. The summed E-state index contributed by atoms with van der Waals surface area (Å²) in [6.07, 6.45) is 1.74. The van der Waals surface area contributed by atoms with E-state index in [9.17, 15) is 4.79 Å². The van der Waals surface area contributed by atoms with Gasteiger partial charge in [0.15, 0.2) is 0 Å². The molecule has 0 rings (SSSR count). The summed E-state index contributed by atoms with van der Waals surface area (Å²) in [6, 6.07) is 0. The van der Waals surface area contributed by atoms with Crippen molar-refractivity contribution in [1.29, 1.82) is 0 Å². The second-order valence-electron chi connectivity index (χ2n) is 5.87. The number of hydrogen-bond donors (Lipinski definition) is 1. The molecular weight excluding hydrogens is 232 g/mol. The first kappa shape index (κ1) is 17.4. The second kappa shape index (κ2) is 7.10. The van der Waals surface area contributed by atoms with E-state index in [-0.39, 0.29) is 17.9 Å². The van der Waals surface area contributed by atoms with E-state index in [1.165, 1.54) is 0 Å². The van der Waals surface area contributed by atoms with Crippen molar-refractivity contribution in [2.45, 2.75) is 65.1 Å². The molecule has 0 radical (unpaired) electrons. The van der Waals surface area contributed by atoms with Crippen LogP contribution >= 0.6 is 0 Å². The van der Waals surface area contributed by atoms with Crippen LogP contribution in [-0.4, -0.2) is 36.0 Å². The summed E-state index contributed by atoms with van der Waals surface area (Å²) < 4.78 is 11.2. The first-order chi connectivity index (χ1) is 8.14. The van der Waals surface area contributed by atoms with E-state index < -0.39 is 11.6 Å². The Morgan fingerprint density at radius 3 is 2.22 bits per heavy atom. The fourth-order valence-corrected chi connectivity index (χ4v) is 1.87. The standard InChI is InChI=1S/C14H28O4/c1-7-11(10-12(15)16)14(4,5)18-9-8-13(2,3)17-6/h11H,7-10H2,1-6H3,(H,15,16). The predicted molar refractivity (Wildman–Crippen MR) is 71.8 cm³/mol. The van der Waals surface area contributed by atoms with Crippen molar-refractivity contribution in [3.05, 3.63) is 0 Å². The average Bonchev–Trinajstić information content (AvgIpc) is 2.24. The lowest BCUT2D eigenvalue weighted by Crippen LogP contribution is -2.37. The van der Waals surface area contributed by atoms with E-state index >= 15 is 0 Å². The lowest BCUT2D eigenvalue weighted by Gasteiger charge is -2.34. The highest BCUT2D eigenvalue weighted by Crippen LogP contribution is 2.28. The molecule has 0 saturated carbocycles. The molecule has 0 aliphatic carbocycles. The molecule has 18 heavy (non-hydrogen) atoms. The Kier molecular flexibility index (Phi) is 6.86. The van der Waals surface area contributed by atoms with Gasteiger partial charge in [-0.2, -0.15) is 0 Å². The Morgan fingerprint density at radius 1 is 1.28 bits per heavy atom. The van der Waals surface area contributed by atoms with Crippen molar-refractivity contribution in [3.63, 3.8) is 0 Å². The number of hydrogen-bond acceptors (Lipinski definition) is 3. The van der Waals surface area contributed by atoms with Crippen molar-refractivity contribution in [2.24, 2.45) is 5.92 Å². The maximum atomic E-state index is 10.8. The summed E-state index contributed by atoms with van der Waals surface area (Å²) in [5.74, 6) is -0.739. The third-order valence-corrected chi connectivity index (χ3v) is 3.63. The molecule has 0 aliphatic heterocycles. The van der Waals surface area contributed by atoms with Crippen LogP contribution in [0.5, 0.6) is 0 Å². The van der Waals surface area contributed by atoms with Gasteiger partial charge < -0.3 is 14.6 Å². The summed E-state index contributed by atoms with van der Waals surface area (Å²) in [7, 11) is 1.68. The molecular formula is C14H28O4. The van der Waals surface area contributed by atoms with Gasteiger partial charge in [0.1, 0.15) is 0 Å². The maximum Gasteiger partial charge on any atom is 0.303 e. The molecule has 1 unspecified atom stereocenters. The minimum atomic E-state index is -0.768. The van der Waals surface area contributed by atoms with E-state index in [0.717, 1.165) is 12.8 Å². The molecule has 0 saturated heterocycles. The van der Waals surface area contributed by atoms with Gasteiger partial charge in [-0.1, -0.05) is 13.3 Å². The molecule has 1 atom stereocenters. The minimum absolute atomic E-state index is 0.0284. The van der Waals surface area contributed by atoms with Gasteiger partial charge >= 0.3 is 5.97 Å². The molecule has 0 fully saturated rings. The normalized spacial score (nSPS) is 14.6. The van der Waals surface area contributed by atoms with Gasteiger partial charge in [0, 0.05) is 7.11 Å². The molecule has 0 heterocycles. The van der Waals surface area contributed by atoms with Gasteiger partial charge in [-0.15, -0.1) is 0 Å². The first-order valence-electron chi connectivity index (χ1n) is 6.55. The number of rotatable bonds is 9. The Labute approximate surface area is 111 Å². The molecule has 0 spiro atoms. The van der Waals surface area contributed by atoms with Crippen molar-refractivity contribution in [3.8, 4) is 0 Å². The Hall–Kier alpha value is -0.610. The highest BCUT2D eigenvalue weighted by Gasteiger charge is 2.31. The molecule has 0 aromatic heterocycles. The number of carboxylic acid groups (broad SMARTS) is 1. The SMILES string of the molecule is CCC(CC(=O)O)C(C)(C)OCCC(C)(C)OC. The molecule has 4 heteroatoms. The maximum absolute atomic E-state index is 10.8. The van der Waals surface area contributed by atoms with Crippen LogP contribution in [-0.2, 0) is 14.3 Å². The quantitative estimate of drug-likeness (QED) is 0.692. The largest absolute Gasteiger partial charge is 0.481 e. The topological polar surface area (TPSA) is 55.8 Å². The summed E-state index contributed by atoms with van der Waals surface area (Å²) in [4.78, 5) is 10.8. The van der Waals surface area contributed by atoms with Crippen LogP contribution in [0.1, 0.15) is 53.9 Å². The van der Waals surface area contributed by atoms with Crippen LogP contribution in [0.25, 0.3) is 0 Å². The van der Waals surface area contributed by atoms with Gasteiger partial charge in [0.25, 0.3) is 0 Å².